The molecule has 2 aromatic carbocycles. The Labute approximate surface area is 186 Å². The number of Topliss-reactive ketones (excluding diaryl/α,β-unsaturated/α-hetero) is 1. The lowest BCUT2D eigenvalue weighted by molar-refractivity contribution is -0.140. The summed E-state index contributed by atoms with van der Waals surface area (Å²) in [7, 11) is 6.73. The molecule has 3 rings (SSSR count). The van der Waals surface area contributed by atoms with Crippen molar-refractivity contribution in [2.45, 2.75) is 6.04 Å². The highest BCUT2D eigenvalue weighted by molar-refractivity contribution is 6.46. The zero-order valence-electron chi connectivity index (χ0n) is 17.9. The van der Waals surface area contributed by atoms with Crippen LogP contribution in [0.2, 0.25) is 5.02 Å². The molecule has 2 aromatic rings. The second-order valence-corrected chi connectivity index (χ2v) is 7.85. The maximum Gasteiger partial charge on any atom is 0.295 e. The van der Waals surface area contributed by atoms with E-state index in [0.717, 1.165) is 0 Å². The van der Waals surface area contributed by atoms with Crippen LogP contribution < -0.4 is 9.47 Å². The quantitative estimate of drug-likeness (QED) is 0.401. The normalized spacial score (nSPS) is 18.0. The molecule has 1 aliphatic rings. The number of hydrogen-bond acceptors (Lipinski definition) is 6. The van der Waals surface area contributed by atoms with Gasteiger partial charge in [0.25, 0.3) is 11.7 Å². The van der Waals surface area contributed by atoms with Crippen LogP contribution in [0.3, 0.4) is 0 Å². The van der Waals surface area contributed by atoms with Crippen molar-refractivity contribution in [3.05, 3.63) is 64.2 Å². The van der Waals surface area contributed by atoms with Crippen molar-refractivity contribution in [1.29, 1.82) is 0 Å². The van der Waals surface area contributed by atoms with Crippen LogP contribution in [0.15, 0.2) is 48.0 Å². The number of nitrogens with zero attached hydrogens (tertiary/aromatic N) is 2. The fourth-order valence-corrected chi connectivity index (χ4v) is 3.68. The number of carbonyl (C=O) groups is 2. The molecule has 0 bridgehead atoms. The van der Waals surface area contributed by atoms with Gasteiger partial charge in [-0.2, -0.15) is 0 Å². The largest absolute Gasteiger partial charge is 0.507 e. The molecule has 0 aromatic heterocycles. The second kappa shape index (κ2) is 9.41. The van der Waals surface area contributed by atoms with E-state index in [9.17, 15) is 14.7 Å². The summed E-state index contributed by atoms with van der Waals surface area (Å²) in [6, 6.07) is 11.0. The van der Waals surface area contributed by atoms with Crippen LogP contribution in [0.5, 0.6) is 11.5 Å². The molecule has 31 heavy (non-hydrogen) atoms. The molecular weight excluding hydrogens is 420 g/mol. The lowest BCUT2D eigenvalue weighted by Gasteiger charge is -2.26. The lowest BCUT2D eigenvalue weighted by Crippen LogP contribution is -2.35. The zero-order chi connectivity index (χ0) is 22.7. The number of halogens is 1. The molecule has 1 atom stereocenters. The van der Waals surface area contributed by atoms with Gasteiger partial charge in [-0.1, -0.05) is 23.7 Å². The van der Waals surface area contributed by atoms with E-state index in [0.29, 0.717) is 35.2 Å². The highest BCUT2D eigenvalue weighted by Crippen LogP contribution is 2.41. The summed E-state index contributed by atoms with van der Waals surface area (Å²) in [4.78, 5) is 29.4. The number of benzene rings is 2. The third-order valence-corrected chi connectivity index (χ3v) is 5.43. The van der Waals surface area contributed by atoms with Gasteiger partial charge in [0.15, 0.2) is 0 Å². The third kappa shape index (κ3) is 4.52. The summed E-state index contributed by atoms with van der Waals surface area (Å²) < 4.78 is 10.6. The summed E-state index contributed by atoms with van der Waals surface area (Å²) in [6.07, 6.45) is 0. The predicted octanol–water partition coefficient (Wildman–Crippen LogP) is 3.34. The number of ether oxygens (including phenoxy) is 2. The van der Waals surface area contributed by atoms with Crippen molar-refractivity contribution in [2.75, 3.05) is 41.4 Å². The van der Waals surface area contributed by atoms with Crippen LogP contribution in [0, 0.1) is 0 Å². The van der Waals surface area contributed by atoms with Crippen molar-refractivity contribution in [2.24, 2.45) is 0 Å². The summed E-state index contributed by atoms with van der Waals surface area (Å²) >= 11 is 6.04. The van der Waals surface area contributed by atoms with Gasteiger partial charge in [-0.25, -0.2) is 0 Å². The van der Waals surface area contributed by atoms with E-state index in [1.165, 1.54) is 19.1 Å². The van der Waals surface area contributed by atoms with Gasteiger partial charge in [0.1, 0.15) is 17.3 Å². The Morgan fingerprint density at radius 3 is 2.35 bits per heavy atom. The SMILES string of the molecule is COc1ccc(OC)c(/C(O)=C2\C(=O)C(=O)N(CCN(C)C)C2c2ccc(Cl)cc2)c1. The van der Waals surface area contributed by atoms with Crippen molar-refractivity contribution < 1.29 is 24.2 Å². The van der Waals surface area contributed by atoms with Crippen molar-refractivity contribution >= 4 is 29.1 Å². The fraction of sp³-hybridized carbons (Fsp3) is 0.304. The number of amides is 1. The standard InChI is InChI=1S/C23H25ClN2O5/c1-25(2)11-12-26-20(14-5-7-15(24)8-6-14)19(22(28)23(26)29)21(27)17-13-16(30-3)9-10-18(17)31-4/h5-10,13,20,27H,11-12H2,1-4H3/b21-19+. The summed E-state index contributed by atoms with van der Waals surface area (Å²) in [5, 5.41) is 11.8. The molecule has 8 heteroatoms. The van der Waals surface area contributed by atoms with Crippen LogP contribution in [-0.2, 0) is 9.59 Å². The maximum atomic E-state index is 13.1. The van der Waals surface area contributed by atoms with E-state index in [2.05, 4.69) is 0 Å². The van der Waals surface area contributed by atoms with Crippen molar-refractivity contribution in [3.8, 4) is 11.5 Å². The zero-order valence-corrected chi connectivity index (χ0v) is 18.6. The van der Waals surface area contributed by atoms with E-state index in [1.807, 2.05) is 19.0 Å². The van der Waals surface area contributed by atoms with E-state index < -0.39 is 17.7 Å². The molecule has 1 unspecified atom stereocenters. The molecule has 1 aliphatic heterocycles. The molecular formula is C23H25ClN2O5. The summed E-state index contributed by atoms with van der Waals surface area (Å²) in [6.45, 7) is 0.872. The van der Waals surface area contributed by atoms with Gasteiger partial charge >= 0.3 is 0 Å². The average Bonchev–Trinajstić information content (AvgIpc) is 3.01. The molecule has 1 saturated heterocycles. The number of hydrogen-bond donors (Lipinski definition) is 1. The summed E-state index contributed by atoms with van der Waals surface area (Å²) in [5.74, 6) is -0.896. The Morgan fingerprint density at radius 2 is 1.77 bits per heavy atom. The number of methoxy groups -OCH3 is 2. The van der Waals surface area contributed by atoms with Crippen molar-refractivity contribution in [1.82, 2.24) is 9.80 Å². The molecule has 1 N–H and O–H groups in total. The number of rotatable bonds is 7. The van der Waals surface area contributed by atoms with Gasteiger partial charge in [-0.05, 0) is 50.0 Å². The molecule has 1 fully saturated rings. The molecule has 0 aliphatic carbocycles. The van der Waals surface area contributed by atoms with Gasteiger partial charge < -0.3 is 24.4 Å². The molecule has 1 heterocycles. The maximum absolute atomic E-state index is 13.1. The number of aliphatic hydroxyl groups excluding tert-OH is 1. The number of carbonyl (C=O) groups excluding carboxylic acids is 2. The number of ketones is 1. The minimum Gasteiger partial charge on any atom is -0.507 e. The van der Waals surface area contributed by atoms with Gasteiger partial charge in [0.05, 0.1) is 31.4 Å². The first-order valence-corrected chi connectivity index (χ1v) is 10.1. The number of likely N-dealkylation sites (N-methyl/N-ethyl adjacent to an activating group) is 1. The van der Waals surface area contributed by atoms with E-state index in [-0.39, 0.29) is 16.9 Å². The Balaban J connectivity index is 2.21. The number of likely N-dealkylation sites (tertiary alicyclic amines) is 1. The molecule has 1 amide bonds. The Morgan fingerprint density at radius 1 is 1.10 bits per heavy atom. The van der Waals surface area contributed by atoms with Gasteiger partial charge in [-0.3, -0.25) is 9.59 Å². The molecule has 164 valence electrons. The fourth-order valence-electron chi connectivity index (χ4n) is 3.55. The highest BCUT2D eigenvalue weighted by atomic mass is 35.5. The highest BCUT2D eigenvalue weighted by Gasteiger charge is 2.46. The third-order valence-electron chi connectivity index (χ3n) is 5.18. The second-order valence-electron chi connectivity index (χ2n) is 7.41. The Bertz CT molecular complexity index is 1020. The van der Waals surface area contributed by atoms with Crippen LogP contribution in [-0.4, -0.2) is 68.0 Å². The summed E-state index contributed by atoms with van der Waals surface area (Å²) in [5.41, 5.74) is 0.940. The minimum atomic E-state index is -0.756. The first kappa shape index (κ1) is 22.7. The van der Waals surface area contributed by atoms with Crippen LogP contribution >= 0.6 is 11.6 Å². The van der Waals surface area contributed by atoms with Gasteiger partial charge in [0.2, 0.25) is 0 Å². The smallest absolute Gasteiger partial charge is 0.295 e. The van der Waals surface area contributed by atoms with Crippen molar-refractivity contribution in [3.63, 3.8) is 0 Å². The topological polar surface area (TPSA) is 79.3 Å². The van der Waals surface area contributed by atoms with Gasteiger partial charge in [-0.15, -0.1) is 0 Å². The Kier molecular flexibility index (Phi) is 6.87. The van der Waals surface area contributed by atoms with E-state index in [4.69, 9.17) is 21.1 Å². The Hall–Kier alpha value is -3.03. The predicted molar refractivity (Wildman–Crippen MR) is 119 cm³/mol. The average molecular weight is 445 g/mol. The van der Waals surface area contributed by atoms with Gasteiger partial charge in [0, 0.05) is 18.1 Å². The monoisotopic (exact) mass is 444 g/mol. The molecule has 7 nitrogen and oxygen atoms in total. The van der Waals surface area contributed by atoms with Crippen LogP contribution in [0.1, 0.15) is 17.2 Å². The van der Waals surface area contributed by atoms with Crippen LogP contribution in [0.4, 0.5) is 0 Å². The van der Waals surface area contributed by atoms with E-state index in [1.54, 1.807) is 42.5 Å². The number of aliphatic hydroxyl groups is 1. The van der Waals surface area contributed by atoms with Crippen LogP contribution in [0.25, 0.3) is 5.76 Å². The first-order valence-electron chi connectivity index (χ1n) is 9.69. The minimum absolute atomic E-state index is 0.00219. The molecule has 0 radical (unpaired) electrons. The molecule has 0 spiro atoms. The first-order chi connectivity index (χ1) is 14.8. The molecule has 0 saturated carbocycles. The van der Waals surface area contributed by atoms with E-state index >= 15 is 0 Å². The lowest BCUT2D eigenvalue weighted by atomic mass is 9.95.